The minimum Gasteiger partial charge on any atom is -0.452 e. The van der Waals surface area contributed by atoms with Gasteiger partial charge in [-0.25, -0.2) is 4.79 Å². The number of ether oxygens (including phenoxy) is 1. The average molecular weight is 539 g/mol. The van der Waals surface area contributed by atoms with Gasteiger partial charge < -0.3 is 10.1 Å². The number of benzene rings is 3. The van der Waals surface area contributed by atoms with Crippen LogP contribution in [0.1, 0.15) is 66.1 Å². The van der Waals surface area contributed by atoms with E-state index in [0.29, 0.717) is 18.5 Å². The van der Waals surface area contributed by atoms with Crippen LogP contribution in [0.25, 0.3) is 0 Å². The number of anilines is 2. The van der Waals surface area contributed by atoms with Crippen molar-refractivity contribution < 1.29 is 23.9 Å². The topological polar surface area (TPSA) is 92.8 Å². The molecule has 0 bridgehead atoms. The highest BCUT2D eigenvalue weighted by Gasteiger charge is 2.50. The number of imide groups is 1. The molecule has 1 aliphatic carbocycles. The first-order valence-electron chi connectivity index (χ1n) is 14.0. The molecule has 0 radical (unpaired) electrons. The van der Waals surface area contributed by atoms with Gasteiger partial charge in [-0.1, -0.05) is 62.4 Å². The summed E-state index contributed by atoms with van der Waals surface area (Å²) in [5.74, 6) is -1.79. The first-order valence-corrected chi connectivity index (χ1v) is 14.0. The monoisotopic (exact) mass is 538 g/mol. The van der Waals surface area contributed by atoms with Gasteiger partial charge >= 0.3 is 5.97 Å². The van der Waals surface area contributed by atoms with Gasteiger partial charge in [0.15, 0.2) is 6.61 Å². The van der Waals surface area contributed by atoms with Gasteiger partial charge in [-0.3, -0.25) is 19.3 Å². The third kappa shape index (κ3) is 5.41. The van der Waals surface area contributed by atoms with Crippen LogP contribution in [-0.2, 0) is 32.0 Å². The van der Waals surface area contributed by atoms with E-state index in [1.807, 2.05) is 50.2 Å². The summed E-state index contributed by atoms with van der Waals surface area (Å²) in [5, 5.41) is 2.88. The lowest BCUT2D eigenvalue weighted by Gasteiger charge is -2.28. The summed E-state index contributed by atoms with van der Waals surface area (Å²) in [4.78, 5) is 53.0. The van der Waals surface area contributed by atoms with E-state index in [0.717, 1.165) is 36.1 Å². The molecule has 7 heteroatoms. The fourth-order valence-corrected chi connectivity index (χ4v) is 6.00. The van der Waals surface area contributed by atoms with Crippen LogP contribution in [0.5, 0.6) is 0 Å². The smallest absolute Gasteiger partial charge is 0.338 e. The zero-order valence-corrected chi connectivity index (χ0v) is 22.9. The largest absolute Gasteiger partial charge is 0.452 e. The van der Waals surface area contributed by atoms with E-state index in [2.05, 4.69) is 17.4 Å². The van der Waals surface area contributed by atoms with E-state index in [1.165, 1.54) is 22.6 Å². The summed E-state index contributed by atoms with van der Waals surface area (Å²) in [7, 11) is 0. The van der Waals surface area contributed by atoms with Gasteiger partial charge in [-0.15, -0.1) is 0 Å². The molecule has 3 aromatic rings. The first kappa shape index (κ1) is 27.3. The van der Waals surface area contributed by atoms with E-state index in [9.17, 15) is 19.2 Å². The quantitative estimate of drug-likeness (QED) is 0.294. The van der Waals surface area contributed by atoms with Gasteiger partial charge in [-0.05, 0) is 79.0 Å². The number of carbonyl (C=O) groups is 4. The predicted octanol–water partition coefficient (Wildman–Crippen LogP) is 5.68. The fraction of sp³-hybridized carbons (Fsp3) is 0.333. The number of rotatable bonds is 8. The first-order chi connectivity index (χ1) is 19.4. The number of nitrogens with zero attached hydrogens (tertiary/aromatic N) is 1. The number of hydrogen-bond donors (Lipinski definition) is 1. The Kier molecular flexibility index (Phi) is 8.10. The summed E-state index contributed by atoms with van der Waals surface area (Å²) < 4.78 is 5.25. The maximum Gasteiger partial charge on any atom is 0.338 e. The van der Waals surface area contributed by atoms with Crippen LogP contribution >= 0.6 is 0 Å². The summed E-state index contributed by atoms with van der Waals surface area (Å²) in [6.07, 6.45) is 3.75. The summed E-state index contributed by atoms with van der Waals surface area (Å²) in [6, 6.07) is 22.3. The highest BCUT2D eigenvalue weighted by molar-refractivity contribution is 6.22. The molecule has 3 aromatic carbocycles. The Morgan fingerprint density at radius 1 is 0.825 bits per heavy atom. The second-order valence-electron chi connectivity index (χ2n) is 10.5. The van der Waals surface area contributed by atoms with E-state index >= 15 is 0 Å². The van der Waals surface area contributed by atoms with Crippen LogP contribution in [0.2, 0.25) is 0 Å². The minimum atomic E-state index is -0.653. The lowest BCUT2D eigenvalue weighted by atomic mass is 9.73. The Morgan fingerprint density at radius 3 is 2.12 bits per heavy atom. The number of esters is 1. The SMILES string of the molecule is CCc1cccc(CC)c1NC(=O)COC(=O)c1ccc(N2C(=O)[C@@H]3CC[C@@H](c4ccccc4)C[C@H]3C2=O)cc1. The molecule has 2 aliphatic rings. The number of fused-ring (bicyclic) bond motifs is 1. The number of carbonyl (C=O) groups excluding carboxylic acids is 4. The van der Waals surface area contributed by atoms with Crippen LogP contribution in [0.4, 0.5) is 11.4 Å². The zero-order chi connectivity index (χ0) is 28.2. The van der Waals surface area contributed by atoms with Crippen molar-refractivity contribution in [3.63, 3.8) is 0 Å². The second-order valence-corrected chi connectivity index (χ2v) is 10.5. The molecule has 1 saturated heterocycles. The molecule has 2 fully saturated rings. The van der Waals surface area contributed by atoms with E-state index in [-0.39, 0.29) is 35.1 Å². The highest BCUT2D eigenvalue weighted by atomic mass is 16.5. The maximum absolute atomic E-state index is 13.3. The molecular weight excluding hydrogens is 504 g/mol. The molecule has 3 amide bonds. The molecule has 1 saturated carbocycles. The molecule has 3 atom stereocenters. The number of nitrogens with one attached hydrogen (secondary N) is 1. The van der Waals surface area contributed by atoms with Crippen molar-refractivity contribution in [3.05, 3.63) is 95.1 Å². The number of para-hydroxylation sites is 1. The Balaban J connectivity index is 1.20. The van der Waals surface area contributed by atoms with Gasteiger partial charge in [0.05, 0.1) is 23.1 Å². The number of amides is 3. The Labute approximate surface area is 234 Å². The maximum atomic E-state index is 13.3. The van der Waals surface area contributed by atoms with Gasteiger partial charge in [0.25, 0.3) is 5.91 Å². The molecule has 206 valence electrons. The minimum absolute atomic E-state index is 0.174. The Morgan fingerprint density at radius 2 is 1.48 bits per heavy atom. The molecule has 1 N–H and O–H groups in total. The van der Waals surface area contributed by atoms with Crippen LogP contribution < -0.4 is 10.2 Å². The van der Waals surface area contributed by atoms with E-state index in [1.54, 1.807) is 12.1 Å². The van der Waals surface area contributed by atoms with Crippen molar-refractivity contribution in [1.82, 2.24) is 0 Å². The molecular formula is C33H34N2O5. The van der Waals surface area contributed by atoms with E-state index in [4.69, 9.17) is 4.74 Å². The predicted molar refractivity (Wildman–Crippen MR) is 153 cm³/mol. The van der Waals surface area contributed by atoms with Crippen LogP contribution in [-0.4, -0.2) is 30.3 Å². The normalized spacial score (nSPS) is 20.2. The number of aryl methyl sites for hydroxylation is 2. The summed E-state index contributed by atoms with van der Waals surface area (Å²) in [5.41, 5.74) is 4.70. The van der Waals surface area contributed by atoms with Crippen molar-refractivity contribution in [2.75, 3.05) is 16.8 Å². The van der Waals surface area contributed by atoms with Crippen molar-refractivity contribution in [2.24, 2.45) is 11.8 Å². The van der Waals surface area contributed by atoms with Crippen LogP contribution in [0.3, 0.4) is 0 Å². The molecule has 1 heterocycles. The molecule has 7 nitrogen and oxygen atoms in total. The zero-order valence-electron chi connectivity index (χ0n) is 22.9. The van der Waals surface area contributed by atoms with Crippen molar-refractivity contribution >= 4 is 35.1 Å². The Hall–Kier alpha value is -4.26. The third-order valence-corrected chi connectivity index (χ3v) is 8.16. The van der Waals surface area contributed by atoms with Gasteiger partial charge in [0.1, 0.15) is 0 Å². The molecule has 0 unspecified atom stereocenters. The molecule has 0 aromatic heterocycles. The van der Waals surface area contributed by atoms with Crippen LogP contribution in [0.15, 0.2) is 72.8 Å². The molecule has 0 spiro atoms. The standard InChI is InChI=1S/C33H34N2O5/c1-3-21-11-8-12-22(4-2)30(21)34-29(36)20-40-33(39)24-13-16-26(17-14-24)35-31(37)27-18-15-25(19-28(27)32(35)38)23-9-6-5-7-10-23/h5-14,16-17,25,27-28H,3-4,15,18-20H2,1-2H3,(H,34,36)/t25-,27-,28-/m1/s1. The summed E-state index contributed by atoms with van der Waals surface area (Å²) >= 11 is 0. The molecule has 40 heavy (non-hydrogen) atoms. The van der Waals surface area contributed by atoms with Crippen molar-refractivity contribution in [2.45, 2.75) is 51.9 Å². The molecule has 1 aliphatic heterocycles. The van der Waals surface area contributed by atoms with Gasteiger partial charge in [0.2, 0.25) is 11.8 Å². The van der Waals surface area contributed by atoms with Crippen LogP contribution in [0, 0.1) is 11.8 Å². The van der Waals surface area contributed by atoms with E-state index < -0.39 is 18.5 Å². The fourth-order valence-electron chi connectivity index (χ4n) is 6.00. The van der Waals surface area contributed by atoms with Gasteiger partial charge in [0, 0.05) is 5.69 Å². The second kappa shape index (κ2) is 11.9. The van der Waals surface area contributed by atoms with Gasteiger partial charge in [-0.2, -0.15) is 0 Å². The average Bonchev–Trinajstić information content (AvgIpc) is 3.25. The van der Waals surface area contributed by atoms with Crippen molar-refractivity contribution in [1.29, 1.82) is 0 Å². The lowest BCUT2D eigenvalue weighted by Crippen LogP contribution is -2.30. The lowest BCUT2D eigenvalue weighted by molar-refractivity contribution is -0.122. The highest BCUT2D eigenvalue weighted by Crippen LogP contribution is 2.45. The third-order valence-electron chi connectivity index (χ3n) is 8.16. The molecule has 5 rings (SSSR count). The van der Waals surface area contributed by atoms with Crippen molar-refractivity contribution in [3.8, 4) is 0 Å². The number of hydrogen-bond acceptors (Lipinski definition) is 5. The summed E-state index contributed by atoms with van der Waals surface area (Å²) in [6.45, 7) is 3.62. The Bertz CT molecular complexity index is 1390.